The average Bonchev–Trinajstić information content (AvgIpc) is 2.45. The third-order valence-electron chi connectivity index (χ3n) is 4.07. The SMILES string of the molecule is CCCCCCCCC(O)CCCCCCCCC(=O)O.[H-].[Li+]. The van der Waals surface area contributed by atoms with E-state index >= 15 is 0 Å². The molecule has 0 amide bonds. The third kappa shape index (κ3) is 20.0. The molecule has 2 N–H and O–H groups in total. The van der Waals surface area contributed by atoms with Gasteiger partial charge in [0.2, 0.25) is 0 Å². The van der Waals surface area contributed by atoms with Gasteiger partial charge in [-0.05, 0) is 19.3 Å². The standard InChI is InChI=1S/C18H36O3.Li.H/c1-2-3-4-5-8-11-14-17(19)15-12-9-6-7-10-13-16-18(20)21;;/h17,19H,2-16H2,1H3,(H,20,21);;/q;+1;-1. The van der Waals surface area contributed by atoms with Crippen molar-refractivity contribution in [2.45, 2.75) is 109 Å². The first-order valence-corrected chi connectivity index (χ1v) is 9.06. The molecule has 1 atom stereocenters. The van der Waals surface area contributed by atoms with E-state index in [2.05, 4.69) is 6.92 Å². The summed E-state index contributed by atoms with van der Waals surface area (Å²) >= 11 is 0. The van der Waals surface area contributed by atoms with Crippen LogP contribution >= 0.6 is 0 Å². The minimum absolute atomic E-state index is 0. The molecule has 0 aromatic carbocycles. The Bertz CT molecular complexity index is 240. The topological polar surface area (TPSA) is 57.5 Å². The zero-order valence-corrected chi connectivity index (χ0v) is 15.0. The van der Waals surface area contributed by atoms with Gasteiger partial charge in [-0.15, -0.1) is 0 Å². The van der Waals surface area contributed by atoms with Gasteiger partial charge in [0.25, 0.3) is 0 Å². The van der Waals surface area contributed by atoms with Gasteiger partial charge in [-0.2, -0.15) is 0 Å². The summed E-state index contributed by atoms with van der Waals surface area (Å²) in [6.07, 6.45) is 16.2. The Morgan fingerprint density at radius 3 is 1.68 bits per heavy atom. The van der Waals surface area contributed by atoms with Gasteiger partial charge >= 0.3 is 24.8 Å². The molecule has 0 aliphatic rings. The zero-order chi connectivity index (χ0) is 15.8. The van der Waals surface area contributed by atoms with Gasteiger partial charge in [0, 0.05) is 6.42 Å². The molecule has 0 aliphatic heterocycles. The second kappa shape index (κ2) is 19.1. The van der Waals surface area contributed by atoms with E-state index in [1.807, 2.05) is 0 Å². The molecule has 1 unspecified atom stereocenters. The van der Waals surface area contributed by atoms with Crippen LogP contribution in [0.3, 0.4) is 0 Å². The molecule has 0 bridgehead atoms. The number of aliphatic hydroxyl groups excluding tert-OH is 1. The van der Waals surface area contributed by atoms with E-state index in [0.717, 1.165) is 38.5 Å². The van der Waals surface area contributed by atoms with Crippen LogP contribution in [0, 0.1) is 0 Å². The number of hydrogen-bond donors (Lipinski definition) is 2. The van der Waals surface area contributed by atoms with Crippen molar-refractivity contribution in [3.8, 4) is 0 Å². The number of unbranched alkanes of at least 4 members (excludes halogenated alkanes) is 10. The predicted molar refractivity (Wildman–Crippen MR) is 89.7 cm³/mol. The van der Waals surface area contributed by atoms with Crippen molar-refractivity contribution in [3.05, 3.63) is 0 Å². The number of aliphatic carboxylic acids is 1. The maximum absolute atomic E-state index is 10.3. The van der Waals surface area contributed by atoms with Gasteiger partial charge in [0.1, 0.15) is 0 Å². The summed E-state index contributed by atoms with van der Waals surface area (Å²) in [6.45, 7) is 2.23. The molecule has 4 heteroatoms. The number of carbonyl (C=O) groups is 1. The molecule has 128 valence electrons. The molecule has 0 aliphatic carbocycles. The number of aliphatic hydroxyl groups is 1. The van der Waals surface area contributed by atoms with Gasteiger partial charge in [0.15, 0.2) is 0 Å². The summed E-state index contributed by atoms with van der Waals surface area (Å²) in [6, 6.07) is 0. The number of carboxylic acids is 1. The number of hydrogen-bond acceptors (Lipinski definition) is 2. The molecule has 22 heavy (non-hydrogen) atoms. The molecule has 0 spiro atoms. The summed E-state index contributed by atoms with van der Waals surface area (Å²) in [5.74, 6) is -0.687. The van der Waals surface area contributed by atoms with E-state index in [1.165, 1.54) is 51.4 Å². The minimum Gasteiger partial charge on any atom is -1.00 e. The maximum Gasteiger partial charge on any atom is 1.00 e. The molecule has 3 nitrogen and oxygen atoms in total. The van der Waals surface area contributed by atoms with Crippen molar-refractivity contribution >= 4 is 5.97 Å². The van der Waals surface area contributed by atoms with Gasteiger partial charge in [-0.3, -0.25) is 4.79 Å². The van der Waals surface area contributed by atoms with Crippen LogP contribution in [0.25, 0.3) is 0 Å². The Kier molecular flexibility index (Phi) is 21.1. The Labute approximate surface area is 150 Å². The van der Waals surface area contributed by atoms with Gasteiger partial charge in [-0.25, -0.2) is 0 Å². The van der Waals surface area contributed by atoms with Crippen molar-refractivity contribution in [2.75, 3.05) is 0 Å². The first kappa shape index (κ1) is 24.3. The smallest absolute Gasteiger partial charge is 1.00 e. The monoisotopic (exact) mass is 308 g/mol. The Hall–Kier alpha value is 0.0274. The number of carboxylic acid groups (broad SMARTS) is 1. The van der Waals surface area contributed by atoms with Crippen LogP contribution in [0.1, 0.15) is 105 Å². The minimum atomic E-state index is -0.687. The van der Waals surface area contributed by atoms with Crippen LogP contribution in [0.2, 0.25) is 0 Å². The van der Waals surface area contributed by atoms with E-state index < -0.39 is 5.97 Å². The summed E-state index contributed by atoms with van der Waals surface area (Å²) in [5.41, 5.74) is 0. The Morgan fingerprint density at radius 1 is 0.818 bits per heavy atom. The van der Waals surface area contributed by atoms with Gasteiger partial charge < -0.3 is 11.6 Å². The van der Waals surface area contributed by atoms with Crippen LogP contribution < -0.4 is 18.9 Å². The fraction of sp³-hybridized carbons (Fsp3) is 0.944. The predicted octanol–water partition coefficient (Wildman–Crippen LogP) is 2.42. The Balaban J connectivity index is -0.00000200. The molecular formula is C18H37LiO3. The van der Waals surface area contributed by atoms with Crippen LogP contribution in [0.5, 0.6) is 0 Å². The molecule has 0 saturated carbocycles. The van der Waals surface area contributed by atoms with E-state index in [0.29, 0.717) is 6.42 Å². The molecule has 0 radical (unpaired) electrons. The van der Waals surface area contributed by atoms with Crippen molar-refractivity contribution in [1.82, 2.24) is 0 Å². The summed E-state index contributed by atoms with van der Waals surface area (Å²) in [5, 5.41) is 18.4. The molecule has 0 aromatic rings. The maximum atomic E-state index is 10.3. The van der Waals surface area contributed by atoms with Gasteiger partial charge in [0.05, 0.1) is 6.10 Å². The molecule has 0 rings (SSSR count). The van der Waals surface area contributed by atoms with Crippen LogP contribution in [0.15, 0.2) is 0 Å². The van der Waals surface area contributed by atoms with Gasteiger partial charge in [-0.1, -0.05) is 77.6 Å². The van der Waals surface area contributed by atoms with E-state index in [4.69, 9.17) is 5.11 Å². The third-order valence-corrected chi connectivity index (χ3v) is 4.07. The van der Waals surface area contributed by atoms with Crippen molar-refractivity contribution < 1.29 is 35.3 Å². The van der Waals surface area contributed by atoms with Crippen LogP contribution in [-0.4, -0.2) is 22.3 Å². The second-order valence-corrected chi connectivity index (χ2v) is 6.26. The summed E-state index contributed by atoms with van der Waals surface area (Å²) in [4.78, 5) is 10.3. The number of rotatable bonds is 16. The summed E-state index contributed by atoms with van der Waals surface area (Å²) in [7, 11) is 0. The molecule has 0 fully saturated rings. The fourth-order valence-electron chi connectivity index (χ4n) is 2.67. The molecule has 0 heterocycles. The summed E-state index contributed by atoms with van der Waals surface area (Å²) < 4.78 is 0. The van der Waals surface area contributed by atoms with Crippen molar-refractivity contribution in [3.63, 3.8) is 0 Å². The normalized spacial score (nSPS) is 11.9. The first-order valence-electron chi connectivity index (χ1n) is 9.06. The van der Waals surface area contributed by atoms with Crippen LogP contribution in [-0.2, 0) is 4.79 Å². The molecular weight excluding hydrogens is 271 g/mol. The second-order valence-electron chi connectivity index (χ2n) is 6.26. The van der Waals surface area contributed by atoms with Crippen molar-refractivity contribution in [1.29, 1.82) is 0 Å². The zero-order valence-electron chi connectivity index (χ0n) is 16.0. The largest absolute Gasteiger partial charge is 1.00 e. The Morgan fingerprint density at radius 2 is 1.23 bits per heavy atom. The van der Waals surface area contributed by atoms with E-state index in [1.54, 1.807) is 0 Å². The fourth-order valence-corrected chi connectivity index (χ4v) is 2.67. The quantitative estimate of drug-likeness (QED) is 0.340. The van der Waals surface area contributed by atoms with Crippen LogP contribution in [0.4, 0.5) is 0 Å². The van der Waals surface area contributed by atoms with Crippen molar-refractivity contribution in [2.24, 2.45) is 0 Å². The molecule has 0 saturated heterocycles. The molecule has 0 aromatic heterocycles. The first-order chi connectivity index (χ1) is 10.2. The average molecular weight is 308 g/mol. The van der Waals surface area contributed by atoms with E-state index in [9.17, 15) is 9.90 Å². The van der Waals surface area contributed by atoms with E-state index in [-0.39, 0.29) is 26.4 Å².